The molecule has 0 spiro atoms. The maximum absolute atomic E-state index is 13.5. The van der Waals surface area contributed by atoms with E-state index >= 15 is 0 Å². The Morgan fingerprint density at radius 2 is 1.64 bits per heavy atom. The summed E-state index contributed by atoms with van der Waals surface area (Å²) in [6.07, 6.45) is 0. The average molecular weight is 488 g/mol. The van der Waals surface area contributed by atoms with Gasteiger partial charge in [0, 0.05) is 22.9 Å². The first-order chi connectivity index (χ1) is 17.4. The molecule has 0 radical (unpaired) electrons. The van der Waals surface area contributed by atoms with Crippen molar-refractivity contribution < 1.29 is 33.6 Å². The minimum absolute atomic E-state index is 0.0380. The summed E-state index contributed by atoms with van der Waals surface area (Å²) in [4.78, 5) is 28.3. The predicted molar refractivity (Wildman–Crippen MR) is 133 cm³/mol. The number of hydrogen-bond donors (Lipinski definition) is 1. The maximum atomic E-state index is 13.5. The molecule has 1 unspecified atom stereocenters. The van der Waals surface area contributed by atoms with Crippen LogP contribution in [0.2, 0.25) is 0 Å². The van der Waals surface area contributed by atoms with Gasteiger partial charge >= 0.3 is 0 Å². The standard InChI is InChI=1S/C28H25NO7/c1-16-14-17(8-10-20(16)33-2)26(30)24-25(19-6-4-5-7-21(19)34-3)29(28(32)27(24)31)18-9-11-22-23(15-18)36-13-12-35-22/h4-11,14-15,25,30H,12-13H2,1-3H3/b26-24+. The highest BCUT2D eigenvalue weighted by Gasteiger charge is 2.48. The van der Waals surface area contributed by atoms with Gasteiger partial charge in [0.2, 0.25) is 0 Å². The van der Waals surface area contributed by atoms with E-state index in [1.54, 1.807) is 67.8 Å². The first kappa shape index (κ1) is 23.3. The van der Waals surface area contributed by atoms with Gasteiger partial charge in [-0.1, -0.05) is 18.2 Å². The molecule has 36 heavy (non-hydrogen) atoms. The molecule has 0 saturated carbocycles. The molecule has 0 aliphatic carbocycles. The molecule has 3 aromatic rings. The van der Waals surface area contributed by atoms with Crippen LogP contribution in [0.5, 0.6) is 23.0 Å². The Kier molecular flexibility index (Phi) is 6.01. The third-order valence-electron chi connectivity index (χ3n) is 6.35. The van der Waals surface area contributed by atoms with Crippen molar-refractivity contribution in [1.82, 2.24) is 0 Å². The molecule has 5 rings (SSSR count). The minimum atomic E-state index is -0.939. The number of nitrogens with zero attached hydrogens (tertiary/aromatic N) is 1. The highest BCUT2D eigenvalue weighted by atomic mass is 16.6. The third-order valence-corrected chi connectivity index (χ3v) is 6.35. The monoisotopic (exact) mass is 487 g/mol. The second-order valence-corrected chi connectivity index (χ2v) is 8.42. The number of ether oxygens (including phenoxy) is 4. The molecule has 184 valence electrons. The van der Waals surface area contributed by atoms with Gasteiger partial charge in [0.25, 0.3) is 11.7 Å². The maximum Gasteiger partial charge on any atom is 0.300 e. The first-order valence-corrected chi connectivity index (χ1v) is 11.4. The topological polar surface area (TPSA) is 94.5 Å². The molecule has 2 aliphatic heterocycles. The molecule has 1 saturated heterocycles. The summed E-state index contributed by atoms with van der Waals surface area (Å²) >= 11 is 0. The molecule has 1 atom stereocenters. The van der Waals surface area contributed by atoms with Crippen molar-refractivity contribution in [3.8, 4) is 23.0 Å². The molecule has 0 aromatic heterocycles. The van der Waals surface area contributed by atoms with Crippen LogP contribution < -0.4 is 23.8 Å². The summed E-state index contributed by atoms with van der Waals surface area (Å²) in [7, 11) is 3.07. The van der Waals surface area contributed by atoms with Gasteiger partial charge in [0.1, 0.15) is 30.5 Å². The number of carbonyl (C=O) groups is 2. The molecular formula is C28H25NO7. The number of rotatable bonds is 5. The lowest BCUT2D eigenvalue weighted by molar-refractivity contribution is -0.132. The molecule has 8 nitrogen and oxygen atoms in total. The van der Waals surface area contributed by atoms with Gasteiger partial charge < -0.3 is 24.1 Å². The van der Waals surface area contributed by atoms with Crippen LogP contribution in [-0.4, -0.2) is 44.2 Å². The van der Waals surface area contributed by atoms with Gasteiger partial charge in [-0.15, -0.1) is 0 Å². The van der Waals surface area contributed by atoms with Crippen LogP contribution >= 0.6 is 0 Å². The zero-order chi connectivity index (χ0) is 25.4. The zero-order valence-corrected chi connectivity index (χ0v) is 20.1. The Morgan fingerprint density at radius 3 is 2.36 bits per heavy atom. The molecule has 3 aromatic carbocycles. The first-order valence-electron chi connectivity index (χ1n) is 11.4. The van der Waals surface area contributed by atoms with Crippen LogP contribution in [0.4, 0.5) is 5.69 Å². The van der Waals surface area contributed by atoms with Gasteiger partial charge in [-0.05, 0) is 48.9 Å². The molecule has 1 fully saturated rings. The molecule has 1 amide bonds. The molecule has 0 bridgehead atoms. The molecule has 2 aliphatic rings. The lowest BCUT2D eigenvalue weighted by atomic mass is 9.94. The van der Waals surface area contributed by atoms with Crippen LogP contribution in [0.1, 0.15) is 22.7 Å². The number of methoxy groups -OCH3 is 2. The van der Waals surface area contributed by atoms with Crippen molar-refractivity contribution in [3.05, 3.63) is 82.9 Å². The number of aryl methyl sites for hydroxylation is 1. The van der Waals surface area contributed by atoms with E-state index in [0.29, 0.717) is 53.0 Å². The number of ketones is 1. The molecule has 1 N–H and O–H groups in total. The van der Waals surface area contributed by atoms with Crippen molar-refractivity contribution in [2.45, 2.75) is 13.0 Å². The lowest BCUT2D eigenvalue weighted by Crippen LogP contribution is -2.30. The second-order valence-electron chi connectivity index (χ2n) is 8.42. The van der Waals surface area contributed by atoms with Crippen molar-refractivity contribution >= 4 is 23.1 Å². The van der Waals surface area contributed by atoms with Gasteiger partial charge in [-0.25, -0.2) is 0 Å². The number of carbonyl (C=O) groups excluding carboxylic acids is 2. The smallest absolute Gasteiger partial charge is 0.300 e. The van der Waals surface area contributed by atoms with E-state index in [4.69, 9.17) is 18.9 Å². The van der Waals surface area contributed by atoms with Crippen LogP contribution in [0.15, 0.2) is 66.2 Å². The summed E-state index contributed by atoms with van der Waals surface area (Å²) in [6, 6.07) is 16.3. The number of hydrogen-bond acceptors (Lipinski definition) is 7. The normalized spacial score (nSPS) is 18.3. The number of para-hydroxylation sites is 1. The van der Waals surface area contributed by atoms with E-state index in [9.17, 15) is 14.7 Å². The number of fused-ring (bicyclic) bond motifs is 1. The minimum Gasteiger partial charge on any atom is -0.507 e. The van der Waals surface area contributed by atoms with Gasteiger partial charge in [0.05, 0.1) is 25.8 Å². The van der Waals surface area contributed by atoms with Crippen LogP contribution in [0, 0.1) is 6.92 Å². The number of anilines is 1. The number of benzene rings is 3. The van der Waals surface area contributed by atoms with Crippen molar-refractivity contribution in [3.63, 3.8) is 0 Å². The Balaban J connectivity index is 1.72. The van der Waals surface area contributed by atoms with E-state index in [1.165, 1.54) is 12.0 Å². The van der Waals surface area contributed by atoms with E-state index in [-0.39, 0.29) is 11.3 Å². The van der Waals surface area contributed by atoms with E-state index < -0.39 is 17.7 Å². The van der Waals surface area contributed by atoms with Crippen LogP contribution in [0.3, 0.4) is 0 Å². The van der Waals surface area contributed by atoms with Crippen molar-refractivity contribution in [1.29, 1.82) is 0 Å². The Labute approximate surface area is 208 Å². The van der Waals surface area contributed by atoms with Gasteiger partial charge in [-0.3, -0.25) is 14.5 Å². The summed E-state index contributed by atoms with van der Waals surface area (Å²) in [5.74, 6) is 0.304. The Bertz CT molecular complexity index is 1390. The lowest BCUT2D eigenvalue weighted by Gasteiger charge is -2.28. The van der Waals surface area contributed by atoms with Crippen LogP contribution in [-0.2, 0) is 9.59 Å². The third kappa shape index (κ3) is 3.80. The van der Waals surface area contributed by atoms with Gasteiger partial charge in [-0.2, -0.15) is 0 Å². The summed E-state index contributed by atoms with van der Waals surface area (Å²) in [5.41, 5.74) is 2.12. The molecule has 8 heteroatoms. The molecule has 2 heterocycles. The molecular weight excluding hydrogens is 462 g/mol. The number of Topliss-reactive ketones (excluding diaryl/α,β-unsaturated/α-hetero) is 1. The fourth-order valence-electron chi connectivity index (χ4n) is 4.65. The largest absolute Gasteiger partial charge is 0.507 e. The highest BCUT2D eigenvalue weighted by molar-refractivity contribution is 6.51. The zero-order valence-electron chi connectivity index (χ0n) is 20.1. The number of aliphatic hydroxyl groups excluding tert-OH is 1. The average Bonchev–Trinajstić information content (AvgIpc) is 3.17. The van der Waals surface area contributed by atoms with E-state index in [1.807, 2.05) is 6.92 Å². The van der Waals surface area contributed by atoms with Gasteiger partial charge in [0.15, 0.2) is 11.5 Å². The van der Waals surface area contributed by atoms with E-state index in [0.717, 1.165) is 5.56 Å². The second kappa shape index (κ2) is 9.30. The van der Waals surface area contributed by atoms with Crippen LogP contribution in [0.25, 0.3) is 5.76 Å². The van der Waals surface area contributed by atoms with E-state index in [2.05, 4.69) is 0 Å². The Morgan fingerprint density at radius 1 is 0.917 bits per heavy atom. The fourth-order valence-corrected chi connectivity index (χ4v) is 4.65. The highest BCUT2D eigenvalue weighted by Crippen LogP contribution is 2.46. The summed E-state index contributed by atoms with van der Waals surface area (Å²) in [6.45, 7) is 2.64. The quantitative estimate of drug-likeness (QED) is 0.324. The summed E-state index contributed by atoms with van der Waals surface area (Å²) < 4.78 is 22.2. The fraction of sp³-hybridized carbons (Fsp3) is 0.214. The predicted octanol–water partition coefficient (Wildman–Crippen LogP) is 4.41. The number of amides is 1. The number of aliphatic hydroxyl groups is 1. The summed E-state index contributed by atoms with van der Waals surface area (Å²) in [5, 5.41) is 11.4. The SMILES string of the molecule is COc1ccc(/C(O)=C2\C(=O)C(=O)N(c3ccc4c(c3)OCCO4)C2c2ccccc2OC)cc1C. The van der Waals surface area contributed by atoms with Crippen molar-refractivity contribution in [2.75, 3.05) is 32.3 Å². The van der Waals surface area contributed by atoms with Crippen molar-refractivity contribution in [2.24, 2.45) is 0 Å². The Hall–Kier alpha value is -4.46.